The Morgan fingerprint density at radius 2 is 2.06 bits per heavy atom. The van der Waals surface area contributed by atoms with Gasteiger partial charge in [0.05, 0.1) is 40.8 Å². The molecule has 174 valence electrons. The van der Waals surface area contributed by atoms with E-state index < -0.39 is 5.97 Å². The summed E-state index contributed by atoms with van der Waals surface area (Å²) >= 11 is 0. The largest absolute Gasteiger partial charge is 0.462 e. The van der Waals surface area contributed by atoms with Gasteiger partial charge in [0, 0.05) is 32.2 Å². The molecule has 4 rings (SSSR count). The summed E-state index contributed by atoms with van der Waals surface area (Å²) in [5.41, 5.74) is 3.41. The Labute approximate surface area is 193 Å². The fourth-order valence-corrected chi connectivity index (χ4v) is 4.65. The molecule has 1 spiro atoms. The number of benzene rings is 1. The molecule has 1 aromatic carbocycles. The third-order valence-corrected chi connectivity index (χ3v) is 6.65. The molecule has 0 aliphatic carbocycles. The summed E-state index contributed by atoms with van der Waals surface area (Å²) in [4.78, 5) is 25.3. The van der Waals surface area contributed by atoms with Crippen LogP contribution < -0.4 is 5.32 Å². The normalized spacial score (nSPS) is 18.0. The highest BCUT2D eigenvalue weighted by Gasteiger charge is 2.39. The number of amides is 1. The standard InChI is InChI=1S/C25H30N4O4/c1-3-20-22-21(12-25(16-27-23(22)30)8-10-32-11-9-25)29(28-20)14-17(2)15-33-24(31)19-6-4-18(13-26)5-7-19/h4-7,17H,3,8-12,14-16H2,1-2H3,(H,27,30)/t17-/m1/s1. The molecule has 1 atom stereocenters. The molecule has 2 aromatic rings. The molecular weight excluding hydrogens is 420 g/mol. The summed E-state index contributed by atoms with van der Waals surface area (Å²) in [5, 5.41) is 16.8. The number of aryl methyl sites for hydroxylation is 1. The maximum atomic E-state index is 12.9. The van der Waals surface area contributed by atoms with Crippen molar-refractivity contribution in [2.75, 3.05) is 26.4 Å². The van der Waals surface area contributed by atoms with Gasteiger partial charge in [-0.05, 0) is 55.4 Å². The summed E-state index contributed by atoms with van der Waals surface area (Å²) < 4.78 is 13.0. The monoisotopic (exact) mass is 450 g/mol. The topological polar surface area (TPSA) is 106 Å². The molecule has 0 radical (unpaired) electrons. The van der Waals surface area contributed by atoms with E-state index in [-0.39, 0.29) is 23.8 Å². The Morgan fingerprint density at radius 1 is 1.33 bits per heavy atom. The minimum atomic E-state index is -0.416. The predicted molar refractivity (Wildman–Crippen MR) is 121 cm³/mol. The molecule has 33 heavy (non-hydrogen) atoms. The number of ether oxygens (including phenoxy) is 2. The minimum absolute atomic E-state index is 0.00670. The predicted octanol–water partition coefficient (Wildman–Crippen LogP) is 2.89. The molecule has 1 saturated heterocycles. The summed E-state index contributed by atoms with van der Waals surface area (Å²) in [6.07, 6.45) is 3.30. The Bertz CT molecular complexity index is 1060. The van der Waals surface area contributed by atoms with Crippen LogP contribution in [-0.2, 0) is 28.9 Å². The second-order valence-electron chi connectivity index (χ2n) is 9.17. The van der Waals surface area contributed by atoms with E-state index in [1.54, 1.807) is 24.3 Å². The van der Waals surface area contributed by atoms with Crippen molar-refractivity contribution in [3.05, 3.63) is 52.3 Å². The molecule has 0 saturated carbocycles. The molecule has 1 N–H and O–H groups in total. The average Bonchev–Trinajstić information content (AvgIpc) is 3.11. The van der Waals surface area contributed by atoms with Crippen molar-refractivity contribution >= 4 is 11.9 Å². The number of rotatable bonds is 6. The van der Waals surface area contributed by atoms with Gasteiger partial charge in [0.25, 0.3) is 5.91 Å². The molecule has 0 unspecified atom stereocenters. The van der Waals surface area contributed by atoms with Crippen molar-refractivity contribution in [3.63, 3.8) is 0 Å². The molecule has 2 aliphatic rings. The van der Waals surface area contributed by atoms with Gasteiger partial charge in [-0.2, -0.15) is 10.4 Å². The van der Waals surface area contributed by atoms with Gasteiger partial charge in [0.2, 0.25) is 0 Å². The number of fused-ring (bicyclic) bond motifs is 1. The Morgan fingerprint density at radius 3 is 2.73 bits per heavy atom. The zero-order valence-electron chi connectivity index (χ0n) is 19.2. The number of nitrogens with one attached hydrogen (secondary N) is 1. The lowest BCUT2D eigenvalue weighted by Gasteiger charge is -2.36. The maximum Gasteiger partial charge on any atom is 0.338 e. The zero-order valence-corrected chi connectivity index (χ0v) is 19.2. The van der Waals surface area contributed by atoms with Crippen LogP contribution in [0.1, 0.15) is 64.4 Å². The van der Waals surface area contributed by atoms with Gasteiger partial charge < -0.3 is 14.8 Å². The first kappa shape index (κ1) is 23.0. The van der Waals surface area contributed by atoms with Crippen LogP contribution in [0.3, 0.4) is 0 Å². The van der Waals surface area contributed by atoms with Crippen LogP contribution in [0.5, 0.6) is 0 Å². The third kappa shape index (κ3) is 4.93. The third-order valence-electron chi connectivity index (χ3n) is 6.65. The molecule has 0 bridgehead atoms. The van der Waals surface area contributed by atoms with Crippen molar-refractivity contribution < 1.29 is 19.1 Å². The number of carbonyl (C=O) groups excluding carboxylic acids is 2. The fourth-order valence-electron chi connectivity index (χ4n) is 4.65. The summed E-state index contributed by atoms with van der Waals surface area (Å²) in [6, 6.07) is 8.42. The van der Waals surface area contributed by atoms with Crippen molar-refractivity contribution in [2.24, 2.45) is 11.3 Å². The lowest BCUT2D eigenvalue weighted by molar-refractivity contribution is 0.0151. The summed E-state index contributed by atoms with van der Waals surface area (Å²) in [5.74, 6) is -0.449. The van der Waals surface area contributed by atoms with Crippen LogP contribution in [0.2, 0.25) is 0 Å². The average molecular weight is 451 g/mol. The van der Waals surface area contributed by atoms with Gasteiger partial charge in [-0.25, -0.2) is 4.79 Å². The number of aromatic nitrogens is 2. The van der Waals surface area contributed by atoms with Gasteiger partial charge in [-0.15, -0.1) is 0 Å². The van der Waals surface area contributed by atoms with E-state index in [1.807, 2.05) is 24.6 Å². The van der Waals surface area contributed by atoms with Gasteiger partial charge in [0.15, 0.2) is 0 Å². The Hall–Kier alpha value is -3.18. The van der Waals surface area contributed by atoms with E-state index in [4.69, 9.17) is 19.8 Å². The number of carbonyl (C=O) groups is 2. The summed E-state index contributed by atoms with van der Waals surface area (Å²) in [6.45, 7) is 6.89. The fraction of sp³-hybridized carbons (Fsp3) is 0.520. The van der Waals surface area contributed by atoms with Gasteiger partial charge >= 0.3 is 5.97 Å². The first-order valence-corrected chi connectivity index (χ1v) is 11.6. The first-order chi connectivity index (χ1) is 15.9. The van der Waals surface area contributed by atoms with Crippen molar-refractivity contribution in [2.45, 2.75) is 46.1 Å². The molecule has 1 amide bonds. The van der Waals surface area contributed by atoms with E-state index >= 15 is 0 Å². The second-order valence-corrected chi connectivity index (χ2v) is 9.17. The van der Waals surface area contributed by atoms with E-state index in [1.165, 1.54) is 0 Å². The number of esters is 1. The van der Waals surface area contributed by atoms with E-state index in [2.05, 4.69) is 5.32 Å². The molecule has 8 nitrogen and oxygen atoms in total. The van der Waals surface area contributed by atoms with E-state index in [0.717, 1.165) is 30.7 Å². The van der Waals surface area contributed by atoms with Crippen molar-refractivity contribution in [3.8, 4) is 6.07 Å². The molecule has 1 aromatic heterocycles. The Balaban J connectivity index is 1.48. The van der Waals surface area contributed by atoms with Crippen molar-refractivity contribution in [1.29, 1.82) is 5.26 Å². The van der Waals surface area contributed by atoms with Gasteiger partial charge in [-0.3, -0.25) is 9.48 Å². The highest BCUT2D eigenvalue weighted by Crippen LogP contribution is 2.37. The van der Waals surface area contributed by atoms with Crippen molar-refractivity contribution in [1.82, 2.24) is 15.1 Å². The highest BCUT2D eigenvalue weighted by atomic mass is 16.5. The maximum absolute atomic E-state index is 12.9. The molecule has 3 heterocycles. The van der Waals surface area contributed by atoms with Crippen LogP contribution in [0.25, 0.3) is 0 Å². The minimum Gasteiger partial charge on any atom is -0.462 e. The molecule has 8 heteroatoms. The summed E-state index contributed by atoms with van der Waals surface area (Å²) in [7, 11) is 0. The lowest BCUT2D eigenvalue weighted by Crippen LogP contribution is -2.41. The SMILES string of the molecule is CCc1nn(C[C@@H](C)COC(=O)c2ccc(C#N)cc2)c2c1C(=O)NCC1(CCOCC1)C2. The number of nitrogens with zero attached hydrogens (tertiary/aromatic N) is 3. The first-order valence-electron chi connectivity index (χ1n) is 11.6. The molecule has 2 aliphatic heterocycles. The quantitative estimate of drug-likeness (QED) is 0.679. The number of hydrogen-bond donors (Lipinski definition) is 1. The van der Waals surface area contributed by atoms with Crippen LogP contribution in [-0.4, -0.2) is 48.0 Å². The van der Waals surface area contributed by atoms with Crippen LogP contribution in [0.15, 0.2) is 24.3 Å². The Kier molecular flexibility index (Phi) is 6.80. The zero-order chi connectivity index (χ0) is 23.4. The smallest absolute Gasteiger partial charge is 0.338 e. The van der Waals surface area contributed by atoms with Crippen LogP contribution >= 0.6 is 0 Å². The number of hydrogen-bond acceptors (Lipinski definition) is 6. The van der Waals surface area contributed by atoms with E-state index in [9.17, 15) is 9.59 Å². The van der Waals surface area contributed by atoms with Crippen LogP contribution in [0.4, 0.5) is 0 Å². The van der Waals surface area contributed by atoms with E-state index in [0.29, 0.717) is 49.4 Å². The molecule has 1 fully saturated rings. The van der Waals surface area contributed by atoms with Crippen LogP contribution in [0, 0.1) is 22.7 Å². The van der Waals surface area contributed by atoms with Gasteiger partial charge in [-0.1, -0.05) is 13.8 Å². The highest BCUT2D eigenvalue weighted by molar-refractivity contribution is 5.97. The number of nitriles is 1. The molecular formula is C25H30N4O4. The van der Waals surface area contributed by atoms with Gasteiger partial charge in [0.1, 0.15) is 0 Å². The lowest BCUT2D eigenvalue weighted by atomic mass is 9.76. The second kappa shape index (κ2) is 9.75.